The Balaban J connectivity index is 1.85. The predicted molar refractivity (Wildman–Crippen MR) is 111 cm³/mol. The fourth-order valence-corrected chi connectivity index (χ4v) is 4.26. The maximum Gasteiger partial charge on any atom is 0.256 e. The van der Waals surface area contributed by atoms with Gasteiger partial charge in [0.1, 0.15) is 5.54 Å². The van der Waals surface area contributed by atoms with Gasteiger partial charge in [-0.3, -0.25) is 14.4 Å². The van der Waals surface area contributed by atoms with Gasteiger partial charge in [0.25, 0.3) is 5.91 Å². The number of carbonyl (C=O) groups excluding carboxylic acids is 2. The summed E-state index contributed by atoms with van der Waals surface area (Å²) in [4.78, 5) is 42.4. The van der Waals surface area contributed by atoms with Crippen LogP contribution in [0.1, 0.15) is 75.6 Å². The van der Waals surface area contributed by atoms with Gasteiger partial charge in [0, 0.05) is 31.5 Å². The van der Waals surface area contributed by atoms with E-state index in [0.717, 1.165) is 38.5 Å². The number of hydrogen-bond donors (Lipinski definition) is 2. The van der Waals surface area contributed by atoms with Crippen LogP contribution in [0.2, 0.25) is 0 Å². The average molecular weight is 404 g/mol. The molecular weight excluding hydrogens is 370 g/mol. The number of hydrogen-bond acceptors (Lipinski definition) is 4. The Morgan fingerprint density at radius 1 is 1.21 bits per heavy atom. The molecule has 29 heavy (non-hydrogen) atoms. The molecule has 7 heteroatoms. The monoisotopic (exact) mass is 403 g/mol. The quantitative estimate of drug-likeness (QED) is 0.732. The Bertz CT molecular complexity index is 745. The number of ether oxygens (including phenoxy) is 1. The zero-order chi connectivity index (χ0) is 20.9. The minimum atomic E-state index is -0.989. The smallest absolute Gasteiger partial charge is 0.256 e. The topological polar surface area (TPSA) is 91.5 Å². The lowest BCUT2D eigenvalue weighted by Crippen LogP contribution is -2.61. The van der Waals surface area contributed by atoms with Crippen LogP contribution in [0.25, 0.3) is 0 Å². The van der Waals surface area contributed by atoms with Crippen molar-refractivity contribution in [1.82, 2.24) is 15.2 Å². The van der Waals surface area contributed by atoms with Crippen LogP contribution < -0.4 is 10.9 Å². The molecule has 1 saturated heterocycles. The zero-order valence-corrected chi connectivity index (χ0v) is 17.5. The summed E-state index contributed by atoms with van der Waals surface area (Å²) in [6.07, 6.45) is 9.13. The van der Waals surface area contributed by atoms with Gasteiger partial charge in [-0.05, 0) is 45.1 Å². The van der Waals surface area contributed by atoms with E-state index in [0.29, 0.717) is 25.1 Å². The lowest BCUT2D eigenvalue weighted by atomic mass is 9.90. The van der Waals surface area contributed by atoms with Gasteiger partial charge in [0.2, 0.25) is 11.5 Å². The van der Waals surface area contributed by atoms with E-state index in [1.807, 2.05) is 13.8 Å². The van der Waals surface area contributed by atoms with E-state index in [-0.39, 0.29) is 29.5 Å². The summed E-state index contributed by atoms with van der Waals surface area (Å²) in [6, 6.07) is 3.02. The number of carbonyl (C=O) groups is 2. The molecule has 2 amide bonds. The highest BCUT2D eigenvalue weighted by atomic mass is 16.5. The third kappa shape index (κ3) is 5.07. The standard InChI is InChI=1S/C22H33N3O4/c1-3-22(2,21(28)24-17-8-5-4-6-9-17)25(15-18-10-7-13-29-18)20(27)16-11-12-19(26)23-14-16/h11-12,14,17-18H,3-10,13,15H2,1-2H3,(H,23,26)(H,24,28). The van der Waals surface area contributed by atoms with Gasteiger partial charge in [-0.2, -0.15) is 0 Å². The number of H-pyrrole nitrogens is 1. The highest BCUT2D eigenvalue weighted by Gasteiger charge is 2.43. The fraction of sp³-hybridized carbons (Fsp3) is 0.682. The Kier molecular flexibility index (Phi) is 7.11. The summed E-state index contributed by atoms with van der Waals surface area (Å²) in [7, 11) is 0. The predicted octanol–water partition coefficient (Wildman–Crippen LogP) is 2.61. The number of pyridine rings is 1. The Labute approximate surface area is 172 Å². The number of aromatic amines is 1. The van der Waals surface area contributed by atoms with Crippen LogP contribution in [0.15, 0.2) is 23.1 Å². The summed E-state index contributed by atoms with van der Waals surface area (Å²) in [6.45, 7) is 4.82. The molecule has 0 aromatic carbocycles. The molecule has 2 aliphatic rings. The first kappa shape index (κ1) is 21.6. The van der Waals surface area contributed by atoms with E-state index in [1.54, 1.807) is 4.90 Å². The number of aromatic nitrogens is 1. The molecule has 0 bridgehead atoms. The minimum absolute atomic E-state index is 0.0740. The SMILES string of the molecule is CCC(C)(C(=O)NC1CCCCC1)N(CC1CCCO1)C(=O)c1ccc(=O)[nH]c1. The summed E-state index contributed by atoms with van der Waals surface area (Å²) in [5.74, 6) is -0.373. The number of nitrogens with one attached hydrogen (secondary N) is 2. The molecule has 2 heterocycles. The van der Waals surface area contributed by atoms with Crippen molar-refractivity contribution >= 4 is 11.8 Å². The second-order valence-corrected chi connectivity index (χ2v) is 8.43. The third-order valence-electron chi connectivity index (χ3n) is 6.40. The molecule has 2 fully saturated rings. The highest BCUT2D eigenvalue weighted by Crippen LogP contribution is 2.27. The Morgan fingerprint density at radius 3 is 2.55 bits per heavy atom. The van der Waals surface area contributed by atoms with Crippen LogP contribution >= 0.6 is 0 Å². The van der Waals surface area contributed by atoms with E-state index in [2.05, 4.69) is 10.3 Å². The first-order chi connectivity index (χ1) is 13.9. The fourth-order valence-electron chi connectivity index (χ4n) is 4.26. The molecule has 3 rings (SSSR count). The van der Waals surface area contributed by atoms with E-state index in [1.165, 1.54) is 24.8 Å². The first-order valence-electron chi connectivity index (χ1n) is 10.9. The number of rotatable bonds is 7. The van der Waals surface area contributed by atoms with Crippen molar-refractivity contribution in [2.45, 2.75) is 82.9 Å². The summed E-state index contributed by atoms with van der Waals surface area (Å²) >= 11 is 0. The minimum Gasteiger partial charge on any atom is -0.376 e. The van der Waals surface area contributed by atoms with Crippen molar-refractivity contribution in [2.75, 3.05) is 13.2 Å². The molecule has 1 saturated carbocycles. The van der Waals surface area contributed by atoms with Gasteiger partial charge in [-0.1, -0.05) is 26.2 Å². The normalized spacial score (nSPS) is 22.1. The van der Waals surface area contributed by atoms with Crippen LogP contribution in [0.4, 0.5) is 0 Å². The van der Waals surface area contributed by atoms with Crippen molar-refractivity contribution in [3.8, 4) is 0 Å². The van der Waals surface area contributed by atoms with E-state index >= 15 is 0 Å². The van der Waals surface area contributed by atoms with Crippen LogP contribution in [0.3, 0.4) is 0 Å². The molecule has 1 aliphatic heterocycles. The van der Waals surface area contributed by atoms with Gasteiger partial charge < -0.3 is 19.9 Å². The number of nitrogens with zero attached hydrogens (tertiary/aromatic N) is 1. The maximum absolute atomic E-state index is 13.4. The summed E-state index contributed by atoms with van der Waals surface area (Å²) < 4.78 is 5.77. The largest absolute Gasteiger partial charge is 0.376 e. The Hall–Kier alpha value is -2.15. The second-order valence-electron chi connectivity index (χ2n) is 8.43. The Morgan fingerprint density at radius 2 is 1.97 bits per heavy atom. The molecule has 1 aliphatic carbocycles. The van der Waals surface area contributed by atoms with Gasteiger partial charge in [0.15, 0.2) is 0 Å². The molecule has 0 radical (unpaired) electrons. The lowest BCUT2D eigenvalue weighted by molar-refractivity contribution is -0.133. The number of amides is 2. The molecule has 2 unspecified atom stereocenters. The second kappa shape index (κ2) is 9.57. The van der Waals surface area contributed by atoms with Crippen molar-refractivity contribution in [3.05, 3.63) is 34.2 Å². The highest BCUT2D eigenvalue weighted by molar-refractivity contribution is 5.99. The molecule has 1 aromatic rings. The van der Waals surface area contributed by atoms with Crippen LogP contribution in [-0.4, -0.2) is 52.5 Å². The zero-order valence-electron chi connectivity index (χ0n) is 17.5. The molecule has 7 nitrogen and oxygen atoms in total. The lowest BCUT2D eigenvalue weighted by Gasteiger charge is -2.41. The van der Waals surface area contributed by atoms with E-state index in [4.69, 9.17) is 4.74 Å². The maximum atomic E-state index is 13.4. The molecular formula is C22H33N3O4. The van der Waals surface area contributed by atoms with Gasteiger partial charge >= 0.3 is 0 Å². The van der Waals surface area contributed by atoms with Gasteiger partial charge in [0.05, 0.1) is 11.7 Å². The first-order valence-corrected chi connectivity index (χ1v) is 10.9. The molecule has 2 N–H and O–H groups in total. The van der Waals surface area contributed by atoms with E-state index < -0.39 is 5.54 Å². The molecule has 160 valence electrons. The van der Waals surface area contributed by atoms with Crippen molar-refractivity contribution in [2.24, 2.45) is 0 Å². The molecule has 1 aromatic heterocycles. The van der Waals surface area contributed by atoms with Crippen molar-refractivity contribution < 1.29 is 14.3 Å². The van der Waals surface area contributed by atoms with Crippen LogP contribution in [-0.2, 0) is 9.53 Å². The average Bonchev–Trinajstić information content (AvgIpc) is 3.25. The van der Waals surface area contributed by atoms with Crippen molar-refractivity contribution in [3.63, 3.8) is 0 Å². The van der Waals surface area contributed by atoms with Gasteiger partial charge in [-0.25, -0.2) is 0 Å². The summed E-state index contributed by atoms with van der Waals surface area (Å²) in [5.41, 5.74) is -0.885. The van der Waals surface area contributed by atoms with Gasteiger partial charge in [-0.15, -0.1) is 0 Å². The summed E-state index contributed by atoms with van der Waals surface area (Å²) in [5, 5.41) is 3.20. The van der Waals surface area contributed by atoms with Crippen molar-refractivity contribution in [1.29, 1.82) is 0 Å². The molecule has 0 spiro atoms. The van der Waals surface area contributed by atoms with Crippen LogP contribution in [0.5, 0.6) is 0 Å². The third-order valence-corrected chi connectivity index (χ3v) is 6.40. The van der Waals surface area contributed by atoms with Crippen LogP contribution in [0, 0.1) is 0 Å². The molecule has 2 atom stereocenters. The van der Waals surface area contributed by atoms with E-state index in [9.17, 15) is 14.4 Å².